The van der Waals surface area contributed by atoms with Crippen LogP contribution in [-0.2, 0) is 19.9 Å². The van der Waals surface area contributed by atoms with Crippen molar-refractivity contribution in [1.29, 1.82) is 0 Å². The highest BCUT2D eigenvalue weighted by atomic mass is 16.3. The Morgan fingerprint density at radius 3 is 2.62 bits per heavy atom. The lowest BCUT2D eigenvalue weighted by atomic mass is 9.87. The molecule has 1 aromatic heterocycles. The monoisotopic (exact) mass is 468 g/mol. The Bertz CT molecular complexity index is 1070. The van der Waals surface area contributed by atoms with Crippen LogP contribution in [0.5, 0.6) is 11.5 Å². The summed E-state index contributed by atoms with van der Waals surface area (Å²) in [6.45, 7) is 7.89. The number of rotatable bonds is 7. The lowest BCUT2D eigenvalue weighted by Gasteiger charge is -2.39. The molecule has 2 aliphatic rings. The van der Waals surface area contributed by atoms with Crippen LogP contribution in [0.15, 0.2) is 35.3 Å². The van der Waals surface area contributed by atoms with Crippen LogP contribution in [0.3, 0.4) is 0 Å². The Hall–Kier alpha value is -2.84. The summed E-state index contributed by atoms with van der Waals surface area (Å²) in [6.07, 6.45) is 5.57. The fraction of sp³-hybridized carbons (Fsp3) is 0.538. The summed E-state index contributed by atoms with van der Waals surface area (Å²) in [4.78, 5) is 31.4. The van der Waals surface area contributed by atoms with Crippen molar-refractivity contribution in [1.82, 2.24) is 19.3 Å². The zero-order chi connectivity index (χ0) is 24.2. The van der Waals surface area contributed by atoms with Gasteiger partial charge in [-0.25, -0.2) is 0 Å². The Morgan fingerprint density at radius 2 is 1.88 bits per heavy atom. The number of aromatic nitrogens is 1. The first kappa shape index (κ1) is 24.3. The molecule has 1 fully saturated rings. The molecule has 34 heavy (non-hydrogen) atoms. The number of hydrogen-bond donors (Lipinski definition) is 2. The maximum Gasteiger partial charge on any atom is 0.274 e. The van der Waals surface area contributed by atoms with Crippen molar-refractivity contribution in [2.75, 3.05) is 45.8 Å². The van der Waals surface area contributed by atoms with E-state index in [0.717, 1.165) is 64.0 Å². The minimum absolute atomic E-state index is 0.0543. The first-order valence-electron chi connectivity index (χ1n) is 12.3. The third-order valence-electron chi connectivity index (χ3n) is 7.28. The van der Waals surface area contributed by atoms with Crippen molar-refractivity contribution in [2.45, 2.75) is 38.6 Å². The van der Waals surface area contributed by atoms with Gasteiger partial charge in [-0.1, -0.05) is 19.1 Å². The second-order valence-corrected chi connectivity index (χ2v) is 9.47. The van der Waals surface area contributed by atoms with E-state index in [2.05, 4.69) is 22.8 Å². The number of amides is 1. The second-order valence-electron chi connectivity index (χ2n) is 9.47. The fourth-order valence-electron chi connectivity index (χ4n) is 5.31. The van der Waals surface area contributed by atoms with E-state index >= 15 is 0 Å². The fourth-order valence-corrected chi connectivity index (χ4v) is 5.31. The van der Waals surface area contributed by atoms with Crippen molar-refractivity contribution in [3.8, 4) is 11.5 Å². The van der Waals surface area contributed by atoms with Crippen LogP contribution < -0.4 is 5.43 Å². The van der Waals surface area contributed by atoms with Crippen LogP contribution in [-0.4, -0.2) is 87.2 Å². The summed E-state index contributed by atoms with van der Waals surface area (Å²) < 4.78 is 1.51. The molecule has 1 amide bonds. The maximum atomic E-state index is 12.9. The average Bonchev–Trinajstić information content (AvgIpc) is 2.84. The number of fused-ring (bicyclic) bond motifs is 1. The minimum atomic E-state index is -0.531. The molecule has 2 N–H and O–H groups in total. The molecule has 0 saturated carbocycles. The molecule has 184 valence electrons. The van der Waals surface area contributed by atoms with Crippen molar-refractivity contribution in [3.05, 3.63) is 57.5 Å². The molecule has 0 spiro atoms. The van der Waals surface area contributed by atoms with Crippen LogP contribution in [0.2, 0.25) is 0 Å². The Kier molecular flexibility index (Phi) is 7.58. The van der Waals surface area contributed by atoms with E-state index in [9.17, 15) is 19.8 Å². The van der Waals surface area contributed by atoms with Gasteiger partial charge in [0.05, 0.1) is 0 Å². The number of aromatic hydroxyl groups is 2. The van der Waals surface area contributed by atoms with Gasteiger partial charge in [-0.15, -0.1) is 0 Å². The number of hydrogen-bond acceptors (Lipinski definition) is 6. The van der Waals surface area contributed by atoms with Crippen LogP contribution in [0.1, 0.15) is 41.4 Å². The second kappa shape index (κ2) is 10.6. The van der Waals surface area contributed by atoms with E-state index in [0.29, 0.717) is 24.9 Å². The van der Waals surface area contributed by atoms with Gasteiger partial charge in [-0.2, -0.15) is 0 Å². The van der Waals surface area contributed by atoms with Gasteiger partial charge >= 0.3 is 0 Å². The summed E-state index contributed by atoms with van der Waals surface area (Å²) in [5.74, 6) is -0.349. The van der Waals surface area contributed by atoms with Crippen molar-refractivity contribution in [3.63, 3.8) is 0 Å². The van der Waals surface area contributed by atoms with Gasteiger partial charge in [0.1, 0.15) is 5.75 Å². The normalized spacial score (nSPS) is 18.8. The van der Waals surface area contributed by atoms with E-state index in [1.807, 2.05) is 6.07 Å². The smallest absolute Gasteiger partial charge is 0.274 e. The molecule has 0 radical (unpaired) electrons. The highest BCUT2D eigenvalue weighted by Crippen LogP contribution is 2.30. The van der Waals surface area contributed by atoms with Gasteiger partial charge in [0.2, 0.25) is 5.43 Å². The SMILES string of the molecule is CCCN(CCN1CCN(C(=O)c2c(O)c(=O)ccn2C)CC1)C1CCc2c(O)cccc2C1. The largest absolute Gasteiger partial charge is 0.508 e. The van der Waals surface area contributed by atoms with Gasteiger partial charge in [-0.3, -0.25) is 19.4 Å². The zero-order valence-corrected chi connectivity index (χ0v) is 20.2. The van der Waals surface area contributed by atoms with Gasteiger partial charge in [0.25, 0.3) is 5.91 Å². The molecule has 2 heterocycles. The molecular formula is C26H36N4O4. The van der Waals surface area contributed by atoms with E-state index in [-0.39, 0.29) is 11.6 Å². The van der Waals surface area contributed by atoms with Gasteiger partial charge in [0.15, 0.2) is 11.4 Å². The van der Waals surface area contributed by atoms with Crippen molar-refractivity contribution in [2.24, 2.45) is 7.05 Å². The third-order valence-corrected chi connectivity index (χ3v) is 7.28. The number of phenolic OH excluding ortho intramolecular Hbond substituents is 1. The predicted octanol–water partition coefficient (Wildman–Crippen LogP) is 1.82. The standard InChI is InChI=1S/C26H36N4O4/c1-3-10-29(20-7-8-21-19(18-20)5-4-6-22(21)31)15-12-28-13-16-30(17-14-28)26(34)24-25(33)23(32)9-11-27(24)2/h4-6,9,11,20,31,33H,3,7-8,10,12-18H2,1-2H3. The zero-order valence-electron chi connectivity index (χ0n) is 20.2. The minimum Gasteiger partial charge on any atom is -0.508 e. The van der Waals surface area contributed by atoms with Crippen LogP contribution in [0.25, 0.3) is 0 Å². The van der Waals surface area contributed by atoms with Crippen LogP contribution in [0, 0.1) is 0 Å². The molecule has 0 bridgehead atoms. The van der Waals surface area contributed by atoms with Crippen molar-refractivity contribution >= 4 is 5.91 Å². The van der Waals surface area contributed by atoms with E-state index in [1.165, 1.54) is 22.4 Å². The summed E-state index contributed by atoms with van der Waals surface area (Å²) in [5.41, 5.74) is 1.90. The molecule has 8 nitrogen and oxygen atoms in total. The molecule has 1 aromatic carbocycles. The molecule has 2 aromatic rings. The number of phenols is 1. The first-order chi connectivity index (χ1) is 16.4. The van der Waals surface area contributed by atoms with Gasteiger partial charge in [-0.05, 0) is 49.4 Å². The Morgan fingerprint density at radius 1 is 1.12 bits per heavy atom. The topological polar surface area (TPSA) is 89.3 Å². The molecule has 1 aliphatic heterocycles. The van der Waals surface area contributed by atoms with Gasteiger partial charge in [0, 0.05) is 64.6 Å². The Labute approximate surface area is 201 Å². The first-order valence-corrected chi connectivity index (χ1v) is 12.3. The number of nitrogens with zero attached hydrogens (tertiary/aromatic N) is 4. The van der Waals surface area contributed by atoms with E-state index in [1.54, 1.807) is 18.0 Å². The van der Waals surface area contributed by atoms with E-state index < -0.39 is 11.2 Å². The van der Waals surface area contributed by atoms with Gasteiger partial charge < -0.3 is 19.7 Å². The number of carbonyl (C=O) groups excluding carboxylic acids is 1. The predicted molar refractivity (Wildman–Crippen MR) is 131 cm³/mol. The van der Waals surface area contributed by atoms with Crippen molar-refractivity contribution < 1.29 is 15.0 Å². The number of pyridine rings is 1. The van der Waals surface area contributed by atoms with Crippen LogP contribution >= 0.6 is 0 Å². The number of piperazine rings is 1. The highest BCUT2D eigenvalue weighted by molar-refractivity contribution is 5.95. The molecule has 1 aliphatic carbocycles. The number of benzene rings is 1. The number of aryl methyl sites for hydroxylation is 1. The quantitative estimate of drug-likeness (QED) is 0.645. The number of carbonyl (C=O) groups is 1. The molecule has 1 unspecified atom stereocenters. The summed E-state index contributed by atoms with van der Waals surface area (Å²) in [5, 5.41) is 20.3. The maximum absolute atomic E-state index is 12.9. The molecule has 8 heteroatoms. The van der Waals surface area contributed by atoms with Crippen LogP contribution in [0.4, 0.5) is 0 Å². The molecule has 1 atom stereocenters. The van der Waals surface area contributed by atoms with E-state index in [4.69, 9.17) is 0 Å². The third kappa shape index (κ3) is 5.13. The lowest BCUT2D eigenvalue weighted by molar-refractivity contribution is 0.0596. The summed E-state index contributed by atoms with van der Waals surface area (Å²) in [7, 11) is 1.66. The highest BCUT2D eigenvalue weighted by Gasteiger charge is 2.28. The lowest BCUT2D eigenvalue weighted by Crippen LogP contribution is -2.51. The average molecular weight is 469 g/mol. The molecule has 1 saturated heterocycles. The summed E-state index contributed by atoms with van der Waals surface area (Å²) in [6, 6.07) is 7.61. The molecular weight excluding hydrogens is 432 g/mol. The summed E-state index contributed by atoms with van der Waals surface area (Å²) >= 11 is 0. The molecule has 4 rings (SSSR count). The Balaban J connectivity index is 1.32.